The maximum Gasteiger partial charge on any atom is 0.0829 e. The fourth-order valence-electron chi connectivity index (χ4n) is 2.37. The number of morpholine rings is 1. The van der Waals surface area contributed by atoms with Crippen LogP contribution in [0, 0.1) is 0 Å². The molecule has 0 aromatic carbocycles. The highest BCUT2D eigenvalue weighted by Crippen LogP contribution is 2.18. The zero-order chi connectivity index (χ0) is 10.2. The zero-order valence-corrected chi connectivity index (χ0v) is 9.20. The zero-order valence-electron chi connectivity index (χ0n) is 9.20. The summed E-state index contributed by atoms with van der Waals surface area (Å²) in [5, 5.41) is 0. The van der Waals surface area contributed by atoms with E-state index in [0.717, 1.165) is 39.3 Å². The van der Waals surface area contributed by atoms with Crippen LogP contribution in [0.1, 0.15) is 6.92 Å². The van der Waals surface area contributed by atoms with Crippen molar-refractivity contribution in [3.8, 4) is 0 Å². The highest BCUT2D eigenvalue weighted by atomic mass is 16.5. The summed E-state index contributed by atoms with van der Waals surface area (Å²) >= 11 is 0. The van der Waals surface area contributed by atoms with Crippen LogP contribution in [0.15, 0.2) is 0 Å². The summed E-state index contributed by atoms with van der Waals surface area (Å²) in [5.41, 5.74) is 5.99. The van der Waals surface area contributed by atoms with E-state index in [2.05, 4.69) is 23.8 Å². The van der Waals surface area contributed by atoms with Crippen LogP contribution in [0.4, 0.5) is 0 Å². The summed E-state index contributed by atoms with van der Waals surface area (Å²) in [5.74, 6) is 0. The molecule has 0 saturated carbocycles. The topological polar surface area (TPSA) is 41.7 Å². The van der Waals surface area contributed by atoms with Gasteiger partial charge in [-0.3, -0.25) is 4.90 Å². The molecule has 0 aromatic heterocycles. The van der Waals surface area contributed by atoms with Gasteiger partial charge in [-0.25, -0.2) is 0 Å². The molecule has 4 nitrogen and oxygen atoms in total. The van der Waals surface area contributed by atoms with Gasteiger partial charge >= 0.3 is 0 Å². The second-order valence-corrected chi connectivity index (χ2v) is 5.08. The molecule has 14 heavy (non-hydrogen) atoms. The molecule has 1 unspecified atom stereocenters. The molecule has 2 rings (SSSR count). The Balaban J connectivity index is 1.71. The second-order valence-electron chi connectivity index (χ2n) is 5.08. The summed E-state index contributed by atoms with van der Waals surface area (Å²) < 4.78 is 5.70. The Labute approximate surface area is 86.0 Å². The molecule has 0 bridgehead atoms. The second kappa shape index (κ2) is 3.77. The van der Waals surface area contributed by atoms with Crippen molar-refractivity contribution >= 4 is 0 Å². The number of likely N-dealkylation sites (N-methyl/N-ethyl adjacent to an activating group) is 1. The molecule has 2 aliphatic rings. The predicted molar refractivity (Wildman–Crippen MR) is 56.3 cm³/mol. The van der Waals surface area contributed by atoms with Crippen LogP contribution in [0.25, 0.3) is 0 Å². The fourth-order valence-corrected chi connectivity index (χ4v) is 2.37. The third kappa shape index (κ3) is 2.45. The maximum atomic E-state index is 5.95. The molecule has 0 aromatic rings. The van der Waals surface area contributed by atoms with Crippen LogP contribution >= 0.6 is 0 Å². The standard InChI is InChI=1S/C10H21N3O/c1-10(11)7-13(8-10)6-9-5-12(2)3-4-14-9/h9H,3-8,11H2,1-2H3. The fraction of sp³-hybridized carbons (Fsp3) is 1.00. The molecule has 2 fully saturated rings. The molecule has 1 atom stereocenters. The summed E-state index contributed by atoms with van der Waals surface area (Å²) in [6.07, 6.45) is 0.379. The normalized spacial score (nSPS) is 34.1. The van der Waals surface area contributed by atoms with Crippen molar-refractivity contribution in [2.24, 2.45) is 5.73 Å². The highest BCUT2D eigenvalue weighted by molar-refractivity contribution is 4.96. The number of nitrogens with zero attached hydrogens (tertiary/aromatic N) is 2. The third-order valence-electron chi connectivity index (χ3n) is 2.97. The van der Waals surface area contributed by atoms with Gasteiger partial charge in [-0.1, -0.05) is 0 Å². The average Bonchev–Trinajstić information content (AvgIpc) is 2.00. The molecule has 0 aliphatic carbocycles. The number of ether oxygens (including phenoxy) is 1. The number of hydrogen-bond acceptors (Lipinski definition) is 4. The largest absolute Gasteiger partial charge is 0.374 e. The third-order valence-corrected chi connectivity index (χ3v) is 2.97. The van der Waals surface area contributed by atoms with Gasteiger partial charge < -0.3 is 15.4 Å². The minimum Gasteiger partial charge on any atom is -0.374 e. The molecule has 4 heteroatoms. The first kappa shape index (κ1) is 10.4. The molecular formula is C10H21N3O. The molecule has 0 radical (unpaired) electrons. The summed E-state index contributed by atoms with van der Waals surface area (Å²) in [4.78, 5) is 4.71. The van der Waals surface area contributed by atoms with Crippen LogP contribution in [0.5, 0.6) is 0 Å². The minimum atomic E-state index is 0.0422. The molecule has 2 aliphatic heterocycles. The molecule has 0 spiro atoms. The lowest BCUT2D eigenvalue weighted by atomic mass is 9.93. The van der Waals surface area contributed by atoms with Gasteiger partial charge in [-0.2, -0.15) is 0 Å². The van der Waals surface area contributed by atoms with Gasteiger partial charge in [0.1, 0.15) is 0 Å². The molecule has 0 amide bonds. The van der Waals surface area contributed by atoms with Gasteiger partial charge in [-0.15, -0.1) is 0 Å². The van der Waals surface area contributed by atoms with E-state index >= 15 is 0 Å². The Morgan fingerprint density at radius 3 is 2.79 bits per heavy atom. The number of rotatable bonds is 2. The summed E-state index contributed by atoms with van der Waals surface area (Å²) in [6, 6.07) is 0. The van der Waals surface area contributed by atoms with Gasteiger partial charge in [0.05, 0.1) is 12.7 Å². The molecular weight excluding hydrogens is 178 g/mol. The van der Waals surface area contributed by atoms with E-state index in [0.29, 0.717) is 6.10 Å². The lowest BCUT2D eigenvalue weighted by molar-refractivity contribution is -0.0547. The molecule has 2 heterocycles. The van der Waals surface area contributed by atoms with Crippen molar-refractivity contribution < 1.29 is 4.74 Å². The van der Waals surface area contributed by atoms with E-state index in [1.165, 1.54) is 0 Å². The van der Waals surface area contributed by atoms with Gasteiger partial charge in [0.15, 0.2) is 0 Å². The monoisotopic (exact) mass is 199 g/mol. The van der Waals surface area contributed by atoms with Crippen molar-refractivity contribution in [2.45, 2.75) is 18.6 Å². The van der Waals surface area contributed by atoms with Crippen molar-refractivity contribution in [2.75, 3.05) is 46.4 Å². The van der Waals surface area contributed by atoms with E-state index in [1.807, 2.05) is 0 Å². The van der Waals surface area contributed by atoms with Gasteiger partial charge in [0, 0.05) is 38.3 Å². The molecule has 2 saturated heterocycles. The Bertz CT molecular complexity index is 200. The Kier molecular flexibility index (Phi) is 2.79. The van der Waals surface area contributed by atoms with E-state index in [9.17, 15) is 0 Å². The molecule has 2 N–H and O–H groups in total. The van der Waals surface area contributed by atoms with Crippen LogP contribution in [-0.2, 0) is 4.74 Å². The number of likely N-dealkylation sites (tertiary alicyclic amines) is 1. The van der Waals surface area contributed by atoms with E-state index in [-0.39, 0.29) is 5.54 Å². The smallest absolute Gasteiger partial charge is 0.0829 e. The number of nitrogens with two attached hydrogens (primary N) is 1. The van der Waals surface area contributed by atoms with Crippen molar-refractivity contribution in [1.29, 1.82) is 0 Å². The van der Waals surface area contributed by atoms with Crippen LogP contribution < -0.4 is 5.73 Å². The van der Waals surface area contributed by atoms with Crippen molar-refractivity contribution in [3.63, 3.8) is 0 Å². The van der Waals surface area contributed by atoms with E-state index in [4.69, 9.17) is 10.5 Å². The first-order valence-electron chi connectivity index (χ1n) is 5.37. The highest BCUT2D eigenvalue weighted by Gasteiger charge is 2.36. The van der Waals surface area contributed by atoms with Crippen LogP contribution in [0.2, 0.25) is 0 Å². The summed E-state index contributed by atoms with van der Waals surface area (Å²) in [7, 11) is 2.15. The Morgan fingerprint density at radius 1 is 1.50 bits per heavy atom. The van der Waals surface area contributed by atoms with Gasteiger partial charge in [0.2, 0.25) is 0 Å². The van der Waals surface area contributed by atoms with Crippen molar-refractivity contribution in [1.82, 2.24) is 9.80 Å². The summed E-state index contributed by atoms with van der Waals surface area (Å²) in [6.45, 7) is 8.15. The average molecular weight is 199 g/mol. The first-order valence-corrected chi connectivity index (χ1v) is 5.37. The Hall–Kier alpha value is -0.160. The lowest BCUT2D eigenvalue weighted by Crippen LogP contribution is -2.67. The SMILES string of the molecule is CN1CCOC(CN2CC(C)(N)C2)C1. The van der Waals surface area contributed by atoms with Crippen molar-refractivity contribution in [3.05, 3.63) is 0 Å². The minimum absolute atomic E-state index is 0.0422. The number of hydrogen-bond donors (Lipinski definition) is 1. The van der Waals surface area contributed by atoms with Gasteiger partial charge in [0.25, 0.3) is 0 Å². The van der Waals surface area contributed by atoms with E-state index < -0.39 is 0 Å². The maximum absolute atomic E-state index is 5.95. The lowest BCUT2D eigenvalue weighted by Gasteiger charge is -2.47. The first-order chi connectivity index (χ1) is 6.55. The van der Waals surface area contributed by atoms with Crippen LogP contribution in [0.3, 0.4) is 0 Å². The predicted octanol–water partition coefficient (Wildman–Crippen LogP) is -0.650. The Morgan fingerprint density at radius 2 is 2.21 bits per heavy atom. The van der Waals surface area contributed by atoms with E-state index in [1.54, 1.807) is 0 Å². The van der Waals surface area contributed by atoms with Gasteiger partial charge in [-0.05, 0) is 14.0 Å². The van der Waals surface area contributed by atoms with Crippen LogP contribution in [-0.4, -0.2) is 67.8 Å². The quantitative estimate of drug-likeness (QED) is 0.642. The molecule has 82 valence electrons.